The maximum atomic E-state index is 11.0. The highest BCUT2D eigenvalue weighted by Gasteiger charge is 2.19. The van der Waals surface area contributed by atoms with Gasteiger partial charge in [0.15, 0.2) is 5.65 Å². The van der Waals surface area contributed by atoms with Crippen LogP contribution in [-0.4, -0.2) is 37.8 Å². The first-order valence-corrected chi connectivity index (χ1v) is 9.05. The second kappa shape index (κ2) is 7.24. The number of carbonyl (C=O) groups is 1. The Hall–Kier alpha value is -3.13. The lowest BCUT2D eigenvalue weighted by Crippen LogP contribution is -2.33. The van der Waals surface area contributed by atoms with Gasteiger partial charge < -0.3 is 21.5 Å². The fourth-order valence-electron chi connectivity index (χ4n) is 3.40. The van der Waals surface area contributed by atoms with Crippen molar-refractivity contribution >= 4 is 28.8 Å². The molecule has 0 atom stereocenters. The van der Waals surface area contributed by atoms with Crippen molar-refractivity contribution in [2.45, 2.75) is 37.8 Å². The number of rotatable bonds is 5. The van der Waals surface area contributed by atoms with Crippen molar-refractivity contribution in [3.05, 3.63) is 48.3 Å². The van der Waals surface area contributed by atoms with Gasteiger partial charge in [0.2, 0.25) is 0 Å². The Bertz CT molecular complexity index is 944. The molecule has 0 saturated heterocycles. The van der Waals surface area contributed by atoms with Crippen LogP contribution >= 0.6 is 0 Å². The van der Waals surface area contributed by atoms with E-state index in [1.807, 2.05) is 6.07 Å². The zero-order valence-corrected chi connectivity index (χ0v) is 14.8. The van der Waals surface area contributed by atoms with Crippen LogP contribution in [0.15, 0.2) is 42.7 Å². The summed E-state index contributed by atoms with van der Waals surface area (Å²) in [5.41, 5.74) is 8.52. The Morgan fingerprint density at radius 2 is 1.93 bits per heavy atom. The molecule has 8 nitrogen and oxygen atoms in total. The van der Waals surface area contributed by atoms with Crippen molar-refractivity contribution in [3.8, 4) is 0 Å². The van der Waals surface area contributed by atoms with Gasteiger partial charge in [0.1, 0.15) is 5.82 Å². The van der Waals surface area contributed by atoms with Crippen LogP contribution in [-0.2, 0) is 0 Å². The van der Waals surface area contributed by atoms with Crippen LogP contribution in [0.2, 0.25) is 0 Å². The van der Waals surface area contributed by atoms with Gasteiger partial charge in [-0.1, -0.05) is 0 Å². The van der Waals surface area contributed by atoms with Gasteiger partial charge in [-0.05, 0) is 49.9 Å². The van der Waals surface area contributed by atoms with Crippen LogP contribution in [0.1, 0.15) is 36.0 Å². The van der Waals surface area contributed by atoms with Gasteiger partial charge >= 0.3 is 5.97 Å². The van der Waals surface area contributed by atoms with Crippen LogP contribution < -0.4 is 16.4 Å². The normalized spacial score (nSPS) is 19.7. The zero-order valence-electron chi connectivity index (χ0n) is 14.8. The Labute approximate surface area is 156 Å². The highest BCUT2D eigenvalue weighted by molar-refractivity contribution is 5.88. The van der Waals surface area contributed by atoms with E-state index in [0.717, 1.165) is 42.9 Å². The van der Waals surface area contributed by atoms with E-state index in [1.165, 1.54) is 0 Å². The number of nitrogens with zero attached hydrogens (tertiary/aromatic N) is 3. The van der Waals surface area contributed by atoms with Crippen LogP contribution in [0.4, 0.5) is 17.2 Å². The van der Waals surface area contributed by atoms with Gasteiger partial charge in [-0.2, -0.15) is 0 Å². The minimum atomic E-state index is -0.945. The van der Waals surface area contributed by atoms with E-state index < -0.39 is 5.97 Å². The topological polar surface area (TPSA) is 118 Å². The van der Waals surface area contributed by atoms with E-state index in [0.29, 0.717) is 17.7 Å². The Morgan fingerprint density at radius 3 is 2.63 bits per heavy atom. The molecule has 0 amide bonds. The molecule has 0 bridgehead atoms. The van der Waals surface area contributed by atoms with E-state index in [4.69, 9.17) is 10.8 Å². The number of carboxylic acids is 1. The van der Waals surface area contributed by atoms with Crippen molar-refractivity contribution < 1.29 is 9.90 Å². The van der Waals surface area contributed by atoms with Gasteiger partial charge in [0, 0.05) is 36.2 Å². The molecule has 1 fully saturated rings. The molecule has 3 aromatic rings. The molecule has 1 aliphatic rings. The van der Waals surface area contributed by atoms with Crippen molar-refractivity contribution in [2.24, 2.45) is 5.73 Å². The van der Waals surface area contributed by atoms with Gasteiger partial charge in [-0.15, -0.1) is 5.10 Å². The highest BCUT2D eigenvalue weighted by atomic mass is 16.4. The molecule has 1 aliphatic carbocycles. The van der Waals surface area contributed by atoms with Crippen molar-refractivity contribution in [1.82, 2.24) is 14.6 Å². The maximum absolute atomic E-state index is 11.0. The number of hydrogen-bond donors (Lipinski definition) is 4. The highest BCUT2D eigenvalue weighted by Crippen LogP contribution is 2.26. The molecule has 0 aliphatic heterocycles. The number of nitrogens with two attached hydrogens (primary N) is 1. The number of hydrogen-bond acceptors (Lipinski definition) is 6. The number of anilines is 3. The first kappa shape index (κ1) is 17.3. The van der Waals surface area contributed by atoms with Crippen LogP contribution in [0, 0.1) is 0 Å². The third-order valence-electron chi connectivity index (χ3n) is 4.89. The molecule has 1 aromatic carbocycles. The summed E-state index contributed by atoms with van der Waals surface area (Å²) in [4.78, 5) is 15.4. The monoisotopic (exact) mass is 366 g/mol. The average Bonchev–Trinajstić information content (AvgIpc) is 3.13. The number of imidazole rings is 1. The number of carboxylic acid groups (broad SMARTS) is 1. The molecule has 2 heterocycles. The molecule has 27 heavy (non-hydrogen) atoms. The molecule has 0 radical (unpaired) electrons. The number of fused-ring (bicyclic) bond motifs is 1. The summed E-state index contributed by atoms with van der Waals surface area (Å²) < 4.78 is 1.73. The van der Waals surface area contributed by atoms with E-state index in [9.17, 15) is 4.79 Å². The summed E-state index contributed by atoms with van der Waals surface area (Å²) in [6.07, 6.45) is 7.60. The fraction of sp³-hybridized carbons (Fsp3) is 0.316. The predicted octanol–water partition coefficient (Wildman–Crippen LogP) is 2.85. The maximum Gasteiger partial charge on any atom is 0.335 e. The first-order valence-electron chi connectivity index (χ1n) is 9.05. The largest absolute Gasteiger partial charge is 0.478 e. The molecular weight excluding hydrogens is 344 g/mol. The number of nitrogens with one attached hydrogen (secondary N) is 2. The van der Waals surface area contributed by atoms with Crippen molar-refractivity contribution in [2.75, 3.05) is 10.6 Å². The third kappa shape index (κ3) is 3.85. The van der Waals surface area contributed by atoms with E-state index in [2.05, 4.69) is 20.7 Å². The fourth-order valence-corrected chi connectivity index (χ4v) is 3.40. The SMILES string of the molecule is NC1CCC(Nc2cc(Nc3ccc(C(=O)O)cc3)c3nccn3n2)CC1. The Kier molecular flexibility index (Phi) is 4.64. The van der Waals surface area contributed by atoms with Gasteiger partial charge in [0.25, 0.3) is 0 Å². The molecule has 5 N–H and O–H groups in total. The second-order valence-corrected chi connectivity index (χ2v) is 6.90. The molecule has 4 rings (SSSR count). The van der Waals surface area contributed by atoms with Crippen molar-refractivity contribution in [1.29, 1.82) is 0 Å². The van der Waals surface area contributed by atoms with E-state index in [-0.39, 0.29) is 5.56 Å². The second-order valence-electron chi connectivity index (χ2n) is 6.90. The quantitative estimate of drug-likeness (QED) is 0.548. The average molecular weight is 366 g/mol. The molecule has 0 spiro atoms. The van der Waals surface area contributed by atoms with Gasteiger partial charge in [0.05, 0.1) is 11.3 Å². The van der Waals surface area contributed by atoms with E-state index in [1.54, 1.807) is 41.2 Å². The molecule has 1 saturated carbocycles. The summed E-state index contributed by atoms with van der Waals surface area (Å²) in [6.45, 7) is 0. The minimum absolute atomic E-state index is 0.249. The third-order valence-corrected chi connectivity index (χ3v) is 4.89. The summed E-state index contributed by atoms with van der Waals surface area (Å²) in [6, 6.07) is 9.21. The number of benzene rings is 1. The molecule has 140 valence electrons. The van der Waals surface area contributed by atoms with E-state index >= 15 is 0 Å². The first-order chi connectivity index (χ1) is 13.1. The van der Waals surface area contributed by atoms with Crippen LogP contribution in [0.5, 0.6) is 0 Å². The predicted molar refractivity (Wildman–Crippen MR) is 104 cm³/mol. The van der Waals surface area contributed by atoms with Crippen LogP contribution in [0.3, 0.4) is 0 Å². The lowest BCUT2D eigenvalue weighted by atomic mass is 9.92. The smallest absolute Gasteiger partial charge is 0.335 e. The molecular formula is C19H22N6O2. The standard InChI is InChI=1S/C19H22N6O2/c20-13-3-7-15(8-4-13)23-17-11-16(18-21-9-10-25(18)24-17)22-14-5-1-12(2-6-14)19(26)27/h1-2,5-6,9-11,13,15,22H,3-4,7-8,20H2,(H,23,24)(H,26,27). The van der Waals surface area contributed by atoms with Gasteiger partial charge in [-0.3, -0.25) is 0 Å². The summed E-state index contributed by atoms with van der Waals surface area (Å²) in [5.74, 6) is -0.176. The van der Waals surface area contributed by atoms with Crippen molar-refractivity contribution in [3.63, 3.8) is 0 Å². The minimum Gasteiger partial charge on any atom is -0.478 e. The Balaban J connectivity index is 1.57. The summed E-state index contributed by atoms with van der Waals surface area (Å²) in [5, 5.41) is 20.4. The van der Waals surface area contributed by atoms with Crippen LogP contribution in [0.25, 0.3) is 5.65 Å². The Morgan fingerprint density at radius 1 is 1.19 bits per heavy atom. The summed E-state index contributed by atoms with van der Waals surface area (Å²) in [7, 11) is 0. The number of aromatic carboxylic acids is 1. The lowest BCUT2D eigenvalue weighted by Gasteiger charge is -2.27. The molecule has 0 unspecified atom stereocenters. The lowest BCUT2D eigenvalue weighted by molar-refractivity contribution is 0.0697. The molecule has 8 heteroatoms. The van der Waals surface area contributed by atoms with Gasteiger partial charge in [-0.25, -0.2) is 14.3 Å². The zero-order chi connectivity index (χ0) is 18.8. The molecule has 2 aromatic heterocycles. The summed E-state index contributed by atoms with van der Waals surface area (Å²) >= 11 is 0. The number of aromatic nitrogens is 3.